The average Bonchev–Trinajstić information content (AvgIpc) is 3.25. The summed E-state index contributed by atoms with van der Waals surface area (Å²) in [5.74, 6) is -0.0592. The van der Waals surface area contributed by atoms with Gasteiger partial charge in [-0.05, 0) is 29.8 Å². The van der Waals surface area contributed by atoms with E-state index in [0.717, 1.165) is 5.56 Å². The number of allylic oxidation sites excluding steroid dienone is 1. The summed E-state index contributed by atoms with van der Waals surface area (Å²) in [5, 5.41) is 21.9. The van der Waals surface area contributed by atoms with Crippen molar-refractivity contribution in [2.75, 3.05) is 5.75 Å². The van der Waals surface area contributed by atoms with Crippen molar-refractivity contribution in [3.8, 4) is 6.07 Å². The van der Waals surface area contributed by atoms with E-state index in [-0.39, 0.29) is 24.0 Å². The Labute approximate surface area is 153 Å². The molecule has 2 aliphatic heterocycles. The Bertz CT molecular complexity index is 901. The predicted molar refractivity (Wildman–Crippen MR) is 93.4 cm³/mol. The topological polar surface area (TPSA) is 77.5 Å². The number of nitriles is 1. The summed E-state index contributed by atoms with van der Waals surface area (Å²) in [5.41, 5.74) is -0.224. The number of carbonyl (C=O) groups is 1. The van der Waals surface area contributed by atoms with Crippen LogP contribution in [0, 0.1) is 11.3 Å². The molecule has 2 atom stereocenters. The second kappa shape index (κ2) is 5.95. The van der Waals surface area contributed by atoms with Crippen molar-refractivity contribution in [1.29, 1.82) is 5.26 Å². The van der Waals surface area contributed by atoms with Gasteiger partial charge in [0.05, 0.1) is 28.7 Å². The number of halogens is 1. The first-order valence-electron chi connectivity index (χ1n) is 7.66. The Morgan fingerprint density at radius 2 is 2.12 bits per heavy atom. The fourth-order valence-corrected chi connectivity index (χ4v) is 4.75. The van der Waals surface area contributed by atoms with Crippen LogP contribution in [0.25, 0.3) is 0 Å². The fourth-order valence-electron chi connectivity index (χ4n) is 3.29. The third-order valence-corrected chi connectivity index (χ3v) is 5.97. The Kier molecular flexibility index (Phi) is 3.88. The predicted octanol–water partition coefficient (Wildman–Crippen LogP) is 3.58. The van der Waals surface area contributed by atoms with Gasteiger partial charge in [-0.2, -0.15) is 5.26 Å². The third-order valence-electron chi connectivity index (χ3n) is 4.50. The molecule has 1 N–H and O–H groups in total. The summed E-state index contributed by atoms with van der Waals surface area (Å²) in [6, 6.07) is 12.7. The number of nitrogens with zero attached hydrogens (tertiary/aromatic N) is 2. The number of hydrogen-bond donors (Lipinski definition) is 1. The zero-order valence-corrected chi connectivity index (χ0v) is 14.5. The lowest BCUT2D eigenvalue weighted by atomic mass is 9.86. The molecule has 0 saturated carbocycles. The van der Waals surface area contributed by atoms with Gasteiger partial charge in [-0.15, -0.1) is 11.8 Å². The first-order chi connectivity index (χ1) is 12.0. The van der Waals surface area contributed by atoms with E-state index in [1.54, 1.807) is 24.3 Å². The number of thioether (sulfide) groups is 1. The minimum Gasteiger partial charge on any atom is -0.464 e. The van der Waals surface area contributed by atoms with Crippen LogP contribution in [-0.4, -0.2) is 21.7 Å². The number of furan rings is 1. The highest BCUT2D eigenvalue weighted by Crippen LogP contribution is 2.51. The van der Waals surface area contributed by atoms with E-state index >= 15 is 0 Å². The molecule has 3 heterocycles. The van der Waals surface area contributed by atoms with Gasteiger partial charge < -0.3 is 9.52 Å². The molecule has 126 valence electrons. The van der Waals surface area contributed by atoms with Crippen LogP contribution >= 0.6 is 23.4 Å². The first kappa shape index (κ1) is 16.3. The molecule has 1 aromatic carbocycles. The van der Waals surface area contributed by atoms with E-state index < -0.39 is 5.72 Å². The molecule has 7 heteroatoms. The van der Waals surface area contributed by atoms with Gasteiger partial charge in [-0.1, -0.05) is 23.7 Å². The number of carbonyl (C=O) groups excluding carboxylic acids is 1. The maximum Gasteiger partial charge on any atom is 0.231 e. The first-order valence-corrected chi connectivity index (χ1v) is 9.03. The summed E-state index contributed by atoms with van der Waals surface area (Å²) in [4.78, 5) is 14.1. The zero-order valence-electron chi connectivity index (χ0n) is 13.0. The van der Waals surface area contributed by atoms with Crippen LogP contribution in [0.4, 0.5) is 0 Å². The minimum absolute atomic E-state index is 0.109. The largest absolute Gasteiger partial charge is 0.464 e. The molecule has 5 nitrogen and oxygen atoms in total. The molecule has 0 unspecified atom stereocenters. The summed E-state index contributed by atoms with van der Waals surface area (Å²) < 4.78 is 5.33. The SMILES string of the molecule is N#CC1=C2SC[C@@](O)(c3ccco3)N2C(=O)C[C@H]1c1ccc(Cl)cc1. The Morgan fingerprint density at radius 1 is 1.36 bits per heavy atom. The highest BCUT2D eigenvalue weighted by Gasteiger charge is 2.53. The van der Waals surface area contributed by atoms with Gasteiger partial charge in [-0.3, -0.25) is 9.69 Å². The van der Waals surface area contributed by atoms with Gasteiger partial charge in [0, 0.05) is 17.4 Å². The summed E-state index contributed by atoms with van der Waals surface area (Å²) >= 11 is 7.23. The normalized spacial score (nSPS) is 25.9. The number of amides is 1. The highest BCUT2D eigenvalue weighted by molar-refractivity contribution is 8.03. The van der Waals surface area contributed by atoms with Crippen molar-refractivity contribution in [3.63, 3.8) is 0 Å². The van der Waals surface area contributed by atoms with E-state index in [2.05, 4.69) is 6.07 Å². The highest BCUT2D eigenvalue weighted by atomic mass is 35.5. The van der Waals surface area contributed by atoms with Gasteiger partial charge in [0.2, 0.25) is 11.6 Å². The fraction of sp³-hybridized carbons (Fsp3) is 0.222. The quantitative estimate of drug-likeness (QED) is 0.871. The molecule has 1 fully saturated rings. The number of fused-ring (bicyclic) bond motifs is 1. The third kappa shape index (κ3) is 2.47. The monoisotopic (exact) mass is 372 g/mol. The van der Waals surface area contributed by atoms with Crippen LogP contribution in [-0.2, 0) is 10.5 Å². The van der Waals surface area contributed by atoms with Crippen molar-refractivity contribution < 1.29 is 14.3 Å². The average molecular weight is 373 g/mol. The van der Waals surface area contributed by atoms with Crippen molar-refractivity contribution in [2.45, 2.75) is 18.1 Å². The standard InChI is InChI=1S/C18H13ClN2O3S/c19-12-5-3-11(4-6-12)13-8-16(22)21-17(14(13)9-20)25-10-18(21,23)15-2-1-7-24-15/h1-7,13,23H,8,10H2/t13-,18+/m0/s1. The van der Waals surface area contributed by atoms with E-state index in [9.17, 15) is 15.2 Å². The molecule has 0 aliphatic carbocycles. The molecule has 4 rings (SSSR count). The molecule has 2 aliphatic rings. The van der Waals surface area contributed by atoms with Gasteiger partial charge >= 0.3 is 0 Å². The molecule has 1 saturated heterocycles. The lowest BCUT2D eigenvalue weighted by Crippen LogP contribution is -2.48. The molecular weight excluding hydrogens is 360 g/mol. The van der Waals surface area contributed by atoms with Crippen molar-refractivity contribution in [1.82, 2.24) is 4.90 Å². The number of benzene rings is 1. The maximum absolute atomic E-state index is 12.8. The number of rotatable bonds is 2. The molecule has 0 radical (unpaired) electrons. The zero-order chi connectivity index (χ0) is 17.6. The number of hydrogen-bond acceptors (Lipinski definition) is 5. The summed E-state index contributed by atoms with van der Waals surface area (Å²) in [7, 11) is 0. The van der Waals surface area contributed by atoms with Crippen molar-refractivity contribution >= 4 is 29.3 Å². The van der Waals surface area contributed by atoms with Crippen LogP contribution in [0.15, 0.2) is 57.7 Å². The van der Waals surface area contributed by atoms with Crippen LogP contribution in [0.2, 0.25) is 5.02 Å². The van der Waals surface area contributed by atoms with Crippen molar-refractivity contribution in [3.05, 3.63) is 69.6 Å². The Morgan fingerprint density at radius 3 is 2.76 bits per heavy atom. The molecule has 2 aromatic rings. The van der Waals surface area contributed by atoms with E-state index in [1.165, 1.54) is 22.9 Å². The van der Waals surface area contributed by atoms with Gasteiger partial charge in [-0.25, -0.2) is 0 Å². The second-order valence-corrected chi connectivity index (χ2v) is 7.35. The lowest BCUT2D eigenvalue weighted by molar-refractivity contribution is -0.152. The smallest absolute Gasteiger partial charge is 0.231 e. The second-order valence-electron chi connectivity index (χ2n) is 5.95. The van der Waals surface area contributed by atoms with Gasteiger partial charge in [0.25, 0.3) is 0 Å². The molecule has 0 bridgehead atoms. The molecule has 1 amide bonds. The minimum atomic E-state index is -1.56. The summed E-state index contributed by atoms with van der Waals surface area (Å²) in [6.45, 7) is 0. The van der Waals surface area contributed by atoms with E-state index in [0.29, 0.717) is 21.4 Å². The number of aliphatic hydroxyl groups is 1. The Hall–Kier alpha value is -2.20. The van der Waals surface area contributed by atoms with Gasteiger partial charge in [0.1, 0.15) is 0 Å². The van der Waals surface area contributed by atoms with Crippen molar-refractivity contribution in [2.24, 2.45) is 0 Å². The Balaban J connectivity index is 1.81. The summed E-state index contributed by atoms with van der Waals surface area (Å²) in [6.07, 6.45) is 1.56. The van der Waals surface area contributed by atoms with Crippen LogP contribution in [0.1, 0.15) is 23.7 Å². The van der Waals surface area contributed by atoms with E-state index in [4.69, 9.17) is 16.0 Å². The molecule has 25 heavy (non-hydrogen) atoms. The van der Waals surface area contributed by atoms with Crippen LogP contribution in [0.5, 0.6) is 0 Å². The van der Waals surface area contributed by atoms with E-state index in [1.807, 2.05) is 12.1 Å². The maximum atomic E-state index is 12.8. The molecular formula is C18H13ClN2O3S. The van der Waals surface area contributed by atoms with Crippen LogP contribution < -0.4 is 0 Å². The molecule has 1 aromatic heterocycles. The van der Waals surface area contributed by atoms with Crippen LogP contribution in [0.3, 0.4) is 0 Å². The lowest BCUT2D eigenvalue weighted by Gasteiger charge is -2.36. The van der Waals surface area contributed by atoms with Gasteiger partial charge in [0.15, 0.2) is 5.76 Å². The molecule has 0 spiro atoms.